The summed E-state index contributed by atoms with van der Waals surface area (Å²) in [4.78, 5) is 14.3. The predicted molar refractivity (Wildman–Crippen MR) is 96.4 cm³/mol. The largest absolute Gasteiger partial charge is 0.416 e. The molecule has 3 N–H and O–H groups in total. The van der Waals surface area contributed by atoms with Crippen molar-refractivity contribution in [1.29, 1.82) is 0 Å². The number of carbonyl (C=O) groups excluding carboxylic acids is 1. The molecule has 1 amide bonds. The van der Waals surface area contributed by atoms with Gasteiger partial charge in [-0.2, -0.15) is 13.2 Å². The summed E-state index contributed by atoms with van der Waals surface area (Å²) in [5.41, 5.74) is -0.0873. The number of alkyl halides is 3. The Morgan fingerprint density at radius 3 is 2.31 bits per heavy atom. The minimum atomic E-state index is -4.36. The number of carbonyl (C=O) groups is 1. The Kier molecular flexibility index (Phi) is 6.49. The monoisotopic (exact) mass is 415 g/mol. The third kappa shape index (κ3) is 5.98. The van der Waals surface area contributed by atoms with Gasteiger partial charge in [0.1, 0.15) is 44.4 Å². The summed E-state index contributed by atoms with van der Waals surface area (Å²) in [6.45, 7) is 3.41. The van der Waals surface area contributed by atoms with Crippen LogP contribution in [0.5, 0.6) is 0 Å². The molecule has 2 aromatic rings. The van der Waals surface area contributed by atoms with Gasteiger partial charge in [0.25, 0.3) is 5.91 Å². The van der Waals surface area contributed by atoms with E-state index in [0.29, 0.717) is 44.4 Å². The van der Waals surface area contributed by atoms with Gasteiger partial charge in [-0.15, -0.1) is 0 Å². The Hall–Kier alpha value is -2.52. The lowest BCUT2D eigenvalue weighted by Gasteiger charge is -2.29. The van der Waals surface area contributed by atoms with Crippen LogP contribution in [0, 0.1) is 11.6 Å². The number of rotatable bonds is 5. The summed E-state index contributed by atoms with van der Waals surface area (Å²) in [6.07, 6.45) is -4.36. The molecule has 0 unspecified atom stereocenters. The standard InChI is InChI=1S/C20H20F5N3O/c21-16-4-5-18(17(22)11-16)26-19(29)13-28-8-6-27(7-9-28)12-14-2-1-3-15(10-14)20(23,24)25/h1-5,10-11H,6-9,12-13H2,(H,26,29)/p+2. The highest BCUT2D eigenvalue weighted by atomic mass is 19.4. The van der Waals surface area contributed by atoms with Crippen molar-refractivity contribution >= 4 is 11.6 Å². The van der Waals surface area contributed by atoms with E-state index in [-0.39, 0.29) is 18.1 Å². The van der Waals surface area contributed by atoms with E-state index in [0.717, 1.165) is 21.9 Å². The summed E-state index contributed by atoms with van der Waals surface area (Å²) in [6, 6.07) is 8.29. The van der Waals surface area contributed by atoms with Crippen molar-refractivity contribution < 1.29 is 36.5 Å². The molecule has 9 heteroatoms. The van der Waals surface area contributed by atoms with Gasteiger partial charge in [-0.05, 0) is 24.3 Å². The zero-order chi connectivity index (χ0) is 21.0. The topological polar surface area (TPSA) is 38.0 Å². The number of anilines is 1. The number of hydrogen-bond donors (Lipinski definition) is 3. The third-order valence-electron chi connectivity index (χ3n) is 4.99. The van der Waals surface area contributed by atoms with E-state index in [4.69, 9.17) is 0 Å². The van der Waals surface area contributed by atoms with Crippen LogP contribution in [0.25, 0.3) is 0 Å². The van der Waals surface area contributed by atoms with Crippen molar-refractivity contribution in [3.05, 3.63) is 65.2 Å². The minimum Gasteiger partial charge on any atom is -0.322 e. The van der Waals surface area contributed by atoms with E-state index in [1.165, 1.54) is 18.2 Å². The van der Waals surface area contributed by atoms with Crippen LogP contribution >= 0.6 is 0 Å². The van der Waals surface area contributed by atoms with Crippen LogP contribution in [0.2, 0.25) is 0 Å². The Bertz CT molecular complexity index is 863. The Morgan fingerprint density at radius 2 is 1.66 bits per heavy atom. The molecule has 1 heterocycles. The number of halogens is 5. The summed E-state index contributed by atoms with van der Waals surface area (Å²) >= 11 is 0. The molecule has 0 saturated carbocycles. The van der Waals surface area contributed by atoms with Crippen molar-refractivity contribution in [1.82, 2.24) is 0 Å². The van der Waals surface area contributed by atoms with E-state index < -0.39 is 23.4 Å². The number of quaternary nitrogens is 2. The van der Waals surface area contributed by atoms with Crippen LogP contribution in [-0.2, 0) is 17.5 Å². The molecule has 1 saturated heterocycles. The van der Waals surface area contributed by atoms with Gasteiger partial charge in [0.2, 0.25) is 0 Å². The highest BCUT2D eigenvalue weighted by Crippen LogP contribution is 2.29. The van der Waals surface area contributed by atoms with Crippen LogP contribution in [0.15, 0.2) is 42.5 Å². The molecule has 4 nitrogen and oxygen atoms in total. The summed E-state index contributed by atoms with van der Waals surface area (Å²) in [7, 11) is 0. The molecule has 0 aromatic heterocycles. The first-order valence-corrected chi connectivity index (χ1v) is 9.29. The molecule has 0 radical (unpaired) electrons. The molecule has 0 atom stereocenters. The van der Waals surface area contributed by atoms with Crippen molar-refractivity contribution in [3.8, 4) is 0 Å². The van der Waals surface area contributed by atoms with Gasteiger partial charge in [0, 0.05) is 11.6 Å². The van der Waals surface area contributed by atoms with E-state index in [9.17, 15) is 26.7 Å². The molecule has 1 fully saturated rings. The van der Waals surface area contributed by atoms with Crippen molar-refractivity contribution in [2.24, 2.45) is 0 Å². The fraction of sp³-hybridized carbons (Fsp3) is 0.350. The first kappa shape index (κ1) is 21.2. The Labute approximate surface area is 164 Å². The maximum Gasteiger partial charge on any atom is 0.416 e. The third-order valence-corrected chi connectivity index (χ3v) is 4.99. The second kappa shape index (κ2) is 8.87. The predicted octanol–water partition coefficient (Wildman–Crippen LogP) is 0.906. The maximum atomic E-state index is 13.6. The summed E-state index contributed by atoms with van der Waals surface area (Å²) in [5, 5.41) is 2.44. The number of benzene rings is 2. The first-order chi connectivity index (χ1) is 13.7. The van der Waals surface area contributed by atoms with Crippen LogP contribution in [0.1, 0.15) is 11.1 Å². The van der Waals surface area contributed by atoms with Gasteiger partial charge in [-0.3, -0.25) is 4.79 Å². The van der Waals surface area contributed by atoms with Gasteiger partial charge in [-0.1, -0.05) is 12.1 Å². The second-order valence-corrected chi connectivity index (χ2v) is 7.22. The quantitative estimate of drug-likeness (QED) is 0.624. The molecular formula is C20H22F5N3O+2. The number of piperazine rings is 1. The molecular weight excluding hydrogens is 393 g/mol. The van der Waals surface area contributed by atoms with Gasteiger partial charge in [0.05, 0.1) is 11.3 Å². The lowest BCUT2D eigenvalue weighted by atomic mass is 10.1. The summed E-state index contributed by atoms with van der Waals surface area (Å²) in [5.74, 6) is -1.92. The zero-order valence-electron chi connectivity index (χ0n) is 15.6. The molecule has 0 aliphatic carbocycles. The van der Waals surface area contributed by atoms with Crippen molar-refractivity contribution in [2.45, 2.75) is 12.7 Å². The lowest BCUT2D eigenvalue weighted by molar-refractivity contribution is -1.02. The van der Waals surface area contributed by atoms with E-state index >= 15 is 0 Å². The SMILES string of the molecule is O=C(C[NH+]1CC[NH+](Cc2cccc(C(F)(F)F)c2)CC1)Nc1ccc(F)cc1F. The molecule has 1 aliphatic heterocycles. The molecule has 156 valence electrons. The van der Waals surface area contributed by atoms with Gasteiger partial charge in [-0.25, -0.2) is 8.78 Å². The lowest BCUT2D eigenvalue weighted by Crippen LogP contribution is -3.28. The van der Waals surface area contributed by atoms with E-state index in [1.54, 1.807) is 6.07 Å². The first-order valence-electron chi connectivity index (χ1n) is 9.29. The average molecular weight is 415 g/mol. The summed E-state index contributed by atoms with van der Waals surface area (Å²) < 4.78 is 65.0. The average Bonchev–Trinajstić information content (AvgIpc) is 2.65. The zero-order valence-corrected chi connectivity index (χ0v) is 15.6. The van der Waals surface area contributed by atoms with Gasteiger partial charge in [0.15, 0.2) is 6.54 Å². The highest BCUT2D eigenvalue weighted by molar-refractivity contribution is 5.91. The fourth-order valence-electron chi connectivity index (χ4n) is 3.47. The van der Waals surface area contributed by atoms with Crippen LogP contribution in [0.3, 0.4) is 0 Å². The van der Waals surface area contributed by atoms with E-state index in [2.05, 4.69) is 5.32 Å². The van der Waals surface area contributed by atoms with Crippen LogP contribution in [0.4, 0.5) is 27.6 Å². The number of amides is 1. The van der Waals surface area contributed by atoms with Crippen molar-refractivity contribution in [2.75, 3.05) is 38.0 Å². The van der Waals surface area contributed by atoms with Crippen LogP contribution in [-0.4, -0.2) is 38.6 Å². The molecule has 0 bridgehead atoms. The normalized spacial score (nSPS) is 19.8. The molecule has 29 heavy (non-hydrogen) atoms. The van der Waals surface area contributed by atoms with Gasteiger partial charge >= 0.3 is 6.18 Å². The maximum absolute atomic E-state index is 13.6. The molecule has 1 aliphatic rings. The smallest absolute Gasteiger partial charge is 0.322 e. The minimum absolute atomic E-state index is 0.0652. The highest BCUT2D eigenvalue weighted by Gasteiger charge is 2.31. The second-order valence-electron chi connectivity index (χ2n) is 7.22. The molecule has 2 aromatic carbocycles. The van der Waals surface area contributed by atoms with Crippen LogP contribution < -0.4 is 15.1 Å². The Morgan fingerprint density at radius 1 is 0.966 bits per heavy atom. The van der Waals surface area contributed by atoms with Gasteiger partial charge < -0.3 is 15.1 Å². The Balaban J connectivity index is 1.47. The molecule has 3 rings (SSSR count). The fourth-order valence-corrected chi connectivity index (χ4v) is 3.47. The van der Waals surface area contributed by atoms with Crippen molar-refractivity contribution in [3.63, 3.8) is 0 Å². The molecule has 0 spiro atoms. The number of nitrogens with one attached hydrogen (secondary N) is 3. The van der Waals surface area contributed by atoms with E-state index in [1.807, 2.05) is 0 Å². The number of hydrogen-bond acceptors (Lipinski definition) is 1.